The van der Waals surface area contributed by atoms with Crippen molar-refractivity contribution in [1.82, 2.24) is 10.3 Å². The number of rotatable bonds is 5. The summed E-state index contributed by atoms with van der Waals surface area (Å²) in [5.74, 6) is 0.436. The van der Waals surface area contributed by atoms with E-state index in [9.17, 15) is 13.2 Å². The summed E-state index contributed by atoms with van der Waals surface area (Å²) in [5, 5.41) is 3.85. The fourth-order valence-corrected chi connectivity index (χ4v) is 3.04. The molecule has 1 fully saturated rings. The molecule has 0 aromatic carbocycles. The second-order valence-electron chi connectivity index (χ2n) is 6.65. The van der Waals surface area contributed by atoms with Gasteiger partial charge in [0.25, 0.3) is 0 Å². The van der Waals surface area contributed by atoms with E-state index in [0.29, 0.717) is 17.6 Å². The first-order valence-electron chi connectivity index (χ1n) is 7.08. The summed E-state index contributed by atoms with van der Waals surface area (Å²) in [7, 11) is 1.45. The van der Waals surface area contributed by atoms with E-state index >= 15 is 0 Å². The fraction of sp³-hybridized carbons (Fsp3) is 0.786. The molecule has 0 aliphatic heterocycles. The number of halogens is 3. The highest BCUT2D eigenvalue weighted by molar-refractivity contribution is 7.15. The molecule has 2 rings (SSSR count). The molecule has 0 unspecified atom stereocenters. The van der Waals surface area contributed by atoms with Crippen LogP contribution in [-0.2, 0) is 6.54 Å². The van der Waals surface area contributed by atoms with Crippen LogP contribution in [0.5, 0.6) is 0 Å². The van der Waals surface area contributed by atoms with Crippen LogP contribution in [0.2, 0.25) is 0 Å². The van der Waals surface area contributed by atoms with Gasteiger partial charge in [0.15, 0.2) is 5.13 Å². The van der Waals surface area contributed by atoms with E-state index in [4.69, 9.17) is 0 Å². The monoisotopic (exact) mass is 321 g/mol. The summed E-state index contributed by atoms with van der Waals surface area (Å²) in [6, 6.07) is 0. The summed E-state index contributed by atoms with van der Waals surface area (Å²) in [5.41, 5.74) is 0.962. The molecule has 1 saturated carbocycles. The van der Waals surface area contributed by atoms with Crippen molar-refractivity contribution in [1.29, 1.82) is 0 Å². The van der Waals surface area contributed by atoms with Crippen LogP contribution in [-0.4, -0.2) is 30.3 Å². The van der Waals surface area contributed by atoms with Crippen molar-refractivity contribution in [3.63, 3.8) is 0 Å². The number of alkyl halides is 3. The third-order valence-electron chi connectivity index (χ3n) is 3.20. The Kier molecular flexibility index (Phi) is 4.54. The predicted molar refractivity (Wildman–Crippen MR) is 80.0 cm³/mol. The van der Waals surface area contributed by atoms with Crippen molar-refractivity contribution < 1.29 is 13.2 Å². The summed E-state index contributed by atoms with van der Waals surface area (Å²) >= 11 is 1.37. The molecule has 1 N–H and O–H groups in total. The topological polar surface area (TPSA) is 28.2 Å². The lowest BCUT2D eigenvalue weighted by molar-refractivity contribution is -0.119. The van der Waals surface area contributed by atoms with Gasteiger partial charge >= 0.3 is 6.18 Å². The van der Waals surface area contributed by atoms with Crippen LogP contribution in [0.25, 0.3) is 0 Å². The average molecular weight is 321 g/mol. The predicted octanol–water partition coefficient (Wildman–Crippen LogP) is 3.91. The third kappa shape index (κ3) is 5.14. The van der Waals surface area contributed by atoms with Gasteiger partial charge in [-0.15, -0.1) is 11.3 Å². The Hall–Kier alpha value is -0.820. The summed E-state index contributed by atoms with van der Waals surface area (Å²) in [4.78, 5) is 6.72. The van der Waals surface area contributed by atoms with E-state index in [-0.39, 0.29) is 5.54 Å². The SMILES string of the molecule is CN(CC(F)(F)F)c1nc(C2CC2)c(CNC(C)(C)C)s1. The maximum absolute atomic E-state index is 12.5. The highest BCUT2D eigenvalue weighted by atomic mass is 32.1. The van der Waals surface area contributed by atoms with Crippen LogP contribution >= 0.6 is 11.3 Å². The van der Waals surface area contributed by atoms with Crippen molar-refractivity contribution in [2.24, 2.45) is 0 Å². The van der Waals surface area contributed by atoms with Gasteiger partial charge in [-0.2, -0.15) is 13.2 Å². The summed E-state index contributed by atoms with van der Waals surface area (Å²) in [6.45, 7) is 5.91. The lowest BCUT2D eigenvalue weighted by atomic mass is 10.1. The van der Waals surface area contributed by atoms with Gasteiger partial charge in [0, 0.05) is 29.9 Å². The van der Waals surface area contributed by atoms with Crippen molar-refractivity contribution in [2.45, 2.75) is 57.8 Å². The highest BCUT2D eigenvalue weighted by Gasteiger charge is 2.33. The van der Waals surface area contributed by atoms with E-state index in [2.05, 4.69) is 31.1 Å². The summed E-state index contributed by atoms with van der Waals surface area (Å²) in [6.07, 6.45) is -2.02. The minimum Gasteiger partial charge on any atom is -0.342 e. The minimum absolute atomic E-state index is 0.0250. The first-order chi connectivity index (χ1) is 9.55. The lowest BCUT2D eigenvalue weighted by Crippen LogP contribution is -2.35. The smallest absolute Gasteiger partial charge is 0.342 e. The number of thiazole rings is 1. The molecule has 0 spiro atoms. The zero-order valence-electron chi connectivity index (χ0n) is 12.8. The normalized spacial score (nSPS) is 16.3. The molecule has 3 nitrogen and oxygen atoms in total. The lowest BCUT2D eigenvalue weighted by Gasteiger charge is -2.20. The molecular weight excluding hydrogens is 299 g/mol. The van der Waals surface area contributed by atoms with Gasteiger partial charge < -0.3 is 10.2 Å². The molecule has 120 valence electrons. The van der Waals surface area contributed by atoms with Crippen molar-refractivity contribution in [3.8, 4) is 0 Å². The number of nitrogens with one attached hydrogen (secondary N) is 1. The molecule has 1 aromatic rings. The minimum atomic E-state index is -4.20. The number of hydrogen-bond acceptors (Lipinski definition) is 4. The zero-order valence-corrected chi connectivity index (χ0v) is 13.7. The molecule has 1 aromatic heterocycles. The summed E-state index contributed by atoms with van der Waals surface area (Å²) < 4.78 is 37.5. The molecule has 21 heavy (non-hydrogen) atoms. The van der Waals surface area contributed by atoms with Crippen LogP contribution in [0.15, 0.2) is 0 Å². The average Bonchev–Trinajstić information content (AvgIpc) is 3.03. The van der Waals surface area contributed by atoms with Crippen molar-refractivity contribution in [3.05, 3.63) is 10.6 Å². The number of hydrogen-bond donors (Lipinski definition) is 1. The fourth-order valence-electron chi connectivity index (χ4n) is 2.00. The van der Waals surface area contributed by atoms with Gasteiger partial charge in [-0.1, -0.05) is 0 Å². The largest absolute Gasteiger partial charge is 0.405 e. The van der Waals surface area contributed by atoms with Gasteiger partial charge in [-0.3, -0.25) is 0 Å². The third-order valence-corrected chi connectivity index (χ3v) is 4.39. The van der Waals surface area contributed by atoms with Crippen LogP contribution in [0.1, 0.15) is 50.1 Å². The molecule has 1 aliphatic carbocycles. The van der Waals surface area contributed by atoms with E-state index < -0.39 is 12.7 Å². The molecule has 0 bridgehead atoms. The van der Waals surface area contributed by atoms with Gasteiger partial charge in [0.2, 0.25) is 0 Å². The Morgan fingerprint density at radius 2 is 1.90 bits per heavy atom. The Bertz CT molecular complexity index is 487. The Morgan fingerprint density at radius 1 is 1.29 bits per heavy atom. The highest BCUT2D eigenvalue weighted by Crippen LogP contribution is 2.44. The first kappa shape index (κ1) is 16.5. The number of nitrogens with zero attached hydrogens (tertiary/aromatic N) is 2. The molecular formula is C14H22F3N3S. The van der Waals surface area contributed by atoms with Crippen LogP contribution < -0.4 is 10.2 Å². The van der Waals surface area contributed by atoms with Gasteiger partial charge in [0.1, 0.15) is 6.54 Å². The van der Waals surface area contributed by atoms with E-state index in [1.165, 1.54) is 23.3 Å². The Balaban J connectivity index is 2.13. The van der Waals surface area contributed by atoms with Crippen LogP contribution in [0.3, 0.4) is 0 Å². The maximum Gasteiger partial charge on any atom is 0.405 e. The van der Waals surface area contributed by atoms with E-state index in [1.807, 2.05) is 0 Å². The maximum atomic E-state index is 12.5. The van der Waals surface area contributed by atoms with Crippen molar-refractivity contribution in [2.75, 3.05) is 18.5 Å². The standard InChI is InChI=1S/C14H22F3N3S/c1-13(2,3)18-7-10-11(9-5-6-9)19-12(21-10)20(4)8-14(15,16)17/h9,18H,5-8H2,1-4H3. The molecule has 0 atom stereocenters. The second kappa shape index (κ2) is 5.76. The molecule has 0 saturated heterocycles. The van der Waals surface area contributed by atoms with Gasteiger partial charge in [-0.25, -0.2) is 4.98 Å². The molecule has 0 radical (unpaired) electrons. The van der Waals surface area contributed by atoms with Crippen LogP contribution in [0.4, 0.5) is 18.3 Å². The van der Waals surface area contributed by atoms with Gasteiger partial charge in [-0.05, 0) is 33.6 Å². The molecule has 0 amide bonds. The Morgan fingerprint density at radius 3 is 2.38 bits per heavy atom. The quantitative estimate of drug-likeness (QED) is 0.891. The Labute approximate surface area is 127 Å². The number of anilines is 1. The molecule has 7 heteroatoms. The number of aromatic nitrogens is 1. The molecule has 1 aliphatic rings. The van der Waals surface area contributed by atoms with Gasteiger partial charge in [0.05, 0.1) is 5.69 Å². The van der Waals surface area contributed by atoms with Crippen LogP contribution in [0, 0.1) is 0 Å². The zero-order chi connectivity index (χ0) is 15.8. The van der Waals surface area contributed by atoms with E-state index in [1.54, 1.807) is 0 Å². The van der Waals surface area contributed by atoms with Crippen molar-refractivity contribution >= 4 is 16.5 Å². The molecule has 1 heterocycles. The second-order valence-corrected chi connectivity index (χ2v) is 7.72. The first-order valence-corrected chi connectivity index (χ1v) is 7.89. The van der Waals surface area contributed by atoms with E-state index in [0.717, 1.165) is 23.4 Å².